The second kappa shape index (κ2) is 8.87. The molecule has 0 saturated carbocycles. The summed E-state index contributed by atoms with van der Waals surface area (Å²) in [6.45, 7) is 0.354. The summed E-state index contributed by atoms with van der Waals surface area (Å²) in [6.07, 6.45) is 6.42. The zero-order valence-electron chi connectivity index (χ0n) is 9.81. The fraction of sp³-hybridized carbons (Fsp3) is 0.545. The predicted molar refractivity (Wildman–Crippen MR) is 62.9 cm³/mol. The number of rotatable bonds is 8. The van der Waals surface area contributed by atoms with Crippen molar-refractivity contribution in [1.82, 2.24) is 10.6 Å². The summed E-state index contributed by atoms with van der Waals surface area (Å²) < 4.78 is 0. The summed E-state index contributed by atoms with van der Waals surface area (Å²) in [7, 11) is 0. The van der Waals surface area contributed by atoms with Crippen LogP contribution in [0, 0.1) is 12.3 Å². The molecule has 0 aromatic rings. The molecule has 0 fully saturated rings. The van der Waals surface area contributed by atoms with Crippen molar-refractivity contribution >= 4 is 18.0 Å². The van der Waals surface area contributed by atoms with Gasteiger partial charge in [0, 0.05) is 13.0 Å². The first kappa shape index (κ1) is 15.8. The lowest BCUT2D eigenvalue weighted by Gasteiger charge is -2.13. The van der Waals surface area contributed by atoms with Crippen molar-refractivity contribution in [3.63, 3.8) is 0 Å². The van der Waals surface area contributed by atoms with Gasteiger partial charge in [0.25, 0.3) is 0 Å². The number of terminal acetylenes is 1. The lowest BCUT2D eigenvalue weighted by atomic mass is 10.2. The number of carboxylic acid groups (broad SMARTS) is 2. The number of urea groups is 1. The van der Waals surface area contributed by atoms with Gasteiger partial charge in [0.2, 0.25) is 0 Å². The molecule has 0 aliphatic carbocycles. The number of carbonyl (C=O) groups is 3. The maximum Gasteiger partial charge on any atom is 0.326 e. The summed E-state index contributed by atoms with van der Waals surface area (Å²) in [5.74, 6) is -0.230. The van der Waals surface area contributed by atoms with Gasteiger partial charge in [-0.2, -0.15) is 0 Å². The van der Waals surface area contributed by atoms with Crippen molar-refractivity contribution < 1.29 is 24.6 Å². The standard InChI is InChI=1S/C11H16N2O5/c1-2-3-4-5-6-12-11(18)13-8(10(16)17)7-9(14)15/h1,8H,3-7H2,(H,14,15)(H,16,17)(H2,12,13,18)/t8-/m1/s1. The normalized spacial score (nSPS) is 11.1. The molecule has 4 N–H and O–H groups in total. The maximum atomic E-state index is 11.3. The summed E-state index contributed by atoms with van der Waals surface area (Å²) in [4.78, 5) is 32.3. The van der Waals surface area contributed by atoms with Gasteiger partial charge >= 0.3 is 18.0 Å². The van der Waals surface area contributed by atoms with Crippen molar-refractivity contribution in [2.24, 2.45) is 0 Å². The van der Waals surface area contributed by atoms with Gasteiger partial charge in [-0.25, -0.2) is 9.59 Å². The van der Waals surface area contributed by atoms with E-state index in [0.29, 0.717) is 19.4 Å². The molecule has 0 aromatic heterocycles. The van der Waals surface area contributed by atoms with E-state index in [9.17, 15) is 14.4 Å². The highest BCUT2D eigenvalue weighted by Crippen LogP contribution is 1.94. The number of hydrogen-bond donors (Lipinski definition) is 4. The number of nitrogens with one attached hydrogen (secondary N) is 2. The van der Waals surface area contributed by atoms with Gasteiger partial charge in [-0.3, -0.25) is 4.79 Å². The Morgan fingerprint density at radius 3 is 2.39 bits per heavy atom. The second-order valence-corrected chi connectivity index (χ2v) is 3.55. The smallest absolute Gasteiger partial charge is 0.326 e. The molecule has 0 spiro atoms. The van der Waals surface area contributed by atoms with Crippen molar-refractivity contribution in [3.05, 3.63) is 0 Å². The Kier molecular flexibility index (Phi) is 7.77. The van der Waals surface area contributed by atoms with Crippen molar-refractivity contribution in [3.8, 4) is 12.3 Å². The fourth-order valence-corrected chi connectivity index (χ4v) is 1.14. The Labute approximate surface area is 105 Å². The molecule has 7 heteroatoms. The summed E-state index contributed by atoms with van der Waals surface area (Å²) in [5, 5.41) is 21.6. The second-order valence-electron chi connectivity index (χ2n) is 3.55. The number of unbranched alkanes of at least 4 members (excludes halogenated alkanes) is 2. The molecule has 0 aliphatic heterocycles. The lowest BCUT2D eigenvalue weighted by Crippen LogP contribution is -2.47. The topological polar surface area (TPSA) is 116 Å². The molecule has 0 unspecified atom stereocenters. The Hall–Kier alpha value is -2.23. The summed E-state index contributed by atoms with van der Waals surface area (Å²) >= 11 is 0. The molecule has 0 aromatic carbocycles. The average Bonchev–Trinajstić information content (AvgIpc) is 2.27. The molecule has 1 atom stereocenters. The van der Waals surface area contributed by atoms with Crippen LogP contribution in [0.5, 0.6) is 0 Å². The van der Waals surface area contributed by atoms with Crippen LogP contribution in [0.2, 0.25) is 0 Å². The first-order valence-corrected chi connectivity index (χ1v) is 5.39. The van der Waals surface area contributed by atoms with E-state index in [1.54, 1.807) is 0 Å². The monoisotopic (exact) mass is 256 g/mol. The largest absolute Gasteiger partial charge is 0.481 e. The first-order chi connectivity index (χ1) is 8.47. The Morgan fingerprint density at radius 1 is 1.22 bits per heavy atom. The highest BCUT2D eigenvalue weighted by molar-refractivity contribution is 5.86. The molecule has 0 aliphatic rings. The fourth-order valence-electron chi connectivity index (χ4n) is 1.14. The van der Waals surface area contributed by atoms with Crippen LogP contribution < -0.4 is 10.6 Å². The molecule has 100 valence electrons. The molecule has 2 amide bonds. The van der Waals surface area contributed by atoms with Crippen LogP contribution in [0.1, 0.15) is 25.7 Å². The van der Waals surface area contributed by atoms with Crippen LogP contribution in [-0.2, 0) is 9.59 Å². The molecular weight excluding hydrogens is 240 g/mol. The Morgan fingerprint density at radius 2 is 1.89 bits per heavy atom. The molecule has 0 radical (unpaired) electrons. The summed E-state index contributed by atoms with van der Waals surface area (Å²) in [6, 6.07) is -2.14. The van der Waals surface area contributed by atoms with Crippen molar-refractivity contribution in [2.45, 2.75) is 31.7 Å². The molecule has 0 heterocycles. The van der Waals surface area contributed by atoms with Gasteiger partial charge in [-0.1, -0.05) is 0 Å². The average molecular weight is 256 g/mol. The van der Waals surface area contributed by atoms with Crippen LogP contribution in [0.3, 0.4) is 0 Å². The van der Waals surface area contributed by atoms with E-state index >= 15 is 0 Å². The van der Waals surface area contributed by atoms with Crippen LogP contribution in [0.15, 0.2) is 0 Å². The van der Waals surface area contributed by atoms with Gasteiger partial charge in [0.15, 0.2) is 0 Å². The third kappa shape index (κ3) is 7.98. The minimum absolute atomic E-state index is 0.354. The Balaban J connectivity index is 3.92. The van der Waals surface area contributed by atoms with E-state index in [2.05, 4.69) is 16.6 Å². The van der Waals surface area contributed by atoms with E-state index in [1.165, 1.54) is 0 Å². The lowest BCUT2D eigenvalue weighted by molar-refractivity contribution is -0.145. The van der Waals surface area contributed by atoms with Gasteiger partial charge in [0.1, 0.15) is 6.04 Å². The minimum atomic E-state index is -1.44. The number of amides is 2. The van der Waals surface area contributed by atoms with Crippen molar-refractivity contribution in [2.75, 3.05) is 6.54 Å². The van der Waals surface area contributed by atoms with E-state index in [-0.39, 0.29) is 0 Å². The van der Waals surface area contributed by atoms with E-state index in [0.717, 1.165) is 6.42 Å². The molecule has 0 saturated heterocycles. The van der Waals surface area contributed by atoms with Crippen LogP contribution in [0.4, 0.5) is 4.79 Å². The first-order valence-electron chi connectivity index (χ1n) is 5.39. The van der Waals surface area contributed by atoms with Crippen LogP contribution in [-0.4, -0.2) is 40.8 Å². The highest BCUT2D eigenvalue weighted by atomic mass is 16.4. The SMILES string of the molecule is C#CCCCCNC(=O)N[C@H](CC(=O)O)C(=O)O. The third-order valence-corrected chi connectivity index (χ3v) is 2.02. The highest BCUT2D eigenvalue weighted by Gasteiger charge is 2.22. The molecule has 0 rings (SSSR count). The molecule has 18 heavy (non-hydrogen) atoms. The van der Waals surface area contributed by atoms with Crippen LogP contribution >= 0.6 is 0 Å². The van der Waals surface area contributed by atoms with Gasteiger partial charge in [0.05, 0.1) is 6.42 Å². The maximum absolute atomic E-state index is 11.3. The molecular formula is C11H16N2O5. The number of carbonyl (C=O) groups excluding carboxylic acids is 1. The minimum Gasteiger partial charge on any atom is -0.481 e. The predicted octanol–water partition coefficient (Wildman–Crippen LogP) is 0.0170. The van der Waals surface area contributed by atoms with Crippen molar-refractivity contribution in [1.29, 1.82) is 0 Å². The Bertz CT molecular complexity index is 348. The van der Waals surface area contributed by atoms with Crippen LogP contribution in [0.25, 0.3) is 0 Å². The van der Waals surface area contributed by atoms with Gasteiger partial charge in [-0.15, -0.1) is 12.3 Å². The zero-order chi connectivity index (χ0) is 14.0. The van der Waals surface area contributed by atoms with E-state index in [4.69, 9.17) is 16.6 Å². The quantitative estimate of drug-likeness (QED) is 0.361. The number of hydrogen-bond acceptors (Lipinski definition) is 3. The zero-order valence-corrected chi connectivity index (χ0v) is 9.81. The van der Waals surface area contributed by atoms with Gasteiger partial charge < -0.3 is 20.8 Å². The molecule has 0 bridgehead atoms. The van der Waals surface area contributed by atoms with E-state index < -0.39 is 30.4 Å². The number of carboxylic acids is 2. The van der Waals surface area contributed by atoms with Gasteiger partial charge in [-0.05, 0) is 12.8 Å². The van der Waals surface area contributed by atoms with E-state index in [1.807, 2.05) is 0 Å². The third-order valence-electron chi connectivity index (χ3n) is 2.02. The number of aliphatic carboxylic acids is 2. The summed E-state index contributed by atoms with van der Waals surface area (Å²) in [5.41, 5.74) is 0. The molecule has 7 nitrogen and oxygen atoms in total.